The number of nitrogens with one attached hydrogen (secondary N) is 2. The monoisotopic (exact) mass is 662 g/mol. The number of amides is 4. The number of ether oxygens (including phenoxy) is 1. The molecule has 1 saturated carbocycles. The van der Waals surface area contributed by atoms with Gasteiger partial charge in [-0.3, -0.25) is 19.2 Å². The normalized spacial score (nSPS) is 14.6. The highest BCUT2D eigenvalue weighted by molar-refractivity contribution is 6.31. The van der Waals surface area contributed by atoms with E-state index in [0.29, 0.717) is 35.0 Å². The zero-order chi connectivity index (χ0) is 32.8. The minimum Gasteiger partial charge on any atom is -0.445 e. The van der Waals surface area contributed by atoms with Gasteiger partial charge in [-0.25, -0.2) is 9.86 Å². The van der Waals surface area contributed by atoms with Gasteiger partial charge in [0.25, 0.3) is 5.91 Å². The van der Waals surface area contributed by atoms with Crippen molar-refractivity contribution in [1.29, 1.82) is 0 Å². The predicted octanol–water partition coefficient (Wildman–Crippen LogP) is 5.54. The molecule has 4 amide bonds. The molecule has 0 unspecified atom stereocenters. The van der Waals surface area contributed by atoms with Crippen molar-refractivity contribution in [3.05, 3.63) is 69.7 Å². The molecule has 0 spiro atoms. The molecule has 12 heteroatoms. The quantitative estimate of drug-likeness (QED) is 0.242. The molecule has 0 bridgehead atoms. The summed E-state index contributed by atoms with van der Waals surface area (Å²) in [6.07, 6.45) is 5.45. The maximum Gasteiger partial charge on any atom is 0.408 e. The highest BCUT2D eigenvalue weighted by atomic mass is 35.5. The van der Waals surface area contributed by atoms with Crippen molar-refractivity contribution in [3.63, 3.8) is 0 Å². The second-order valence-electron chi connectivity index (χ2n) is 11.4. The molecule has 0 radical (unpaired) electrons. The molecule has 2 aromatic carbocycles. The molecule has 10 nitrogen and oxygen atoms in total. The van der Waals surface area contributed by atoms with Crippen molar-refractivity contribution in [2.75, 3.05) is 27.7 Å². The third-order valence-corrected chi connectivity index (χ3v) is 8.71. The Hall–Kier alpha value is -3.34. The van der Waals surface area contributed by atoms with Gasteiger partial charge >= 0.3 is 6.09 Å². The van der Waals surface area contributed by atoms with Crippen LogP contribution in [0.4, 0.5) is 4.79 Å². The number of rotatable bonds is 15. The van der Waals surface area contributed by atoms with E-state index in [1.54, 1.807) is 42.3 Å². The first-order valence-electron chi connectivity index (χ1n) is 15.3. The highest BCUT2D eigenvalue weighted by Crippen LogP contribution is 2.27. The summed E-state index contributed by atoms with van der Waals surface area (Å²) < 4.78 is 5.39. The molecular weight excluding hydrogens is 619 g/mol. The van der Waals surface area contributed by atoms with Crippen LogP contribution in [0.5, 0.6) is 0 Å². The standard InChI is InChI=1S/C33H44Cl2N4O6/c1-38(19-18-25-13-7-8-15-27(25)35)30(40)17-16-28(32(42)39(2)44-3)36-31(41)29(21-23-10-5-4-6-11-23)37-33(43)45-22-24-12-9-14-26(34)20-24/h7-9,12-15,20,23,28-29H,4-6,10-11,16-19,21-22H2,1-3H3,(H,36,41)(H,37,43)/t28-,29-/m1/s1. The maximum atomic E-state index is 13.6. The molecule has 1 aliphatic rings. The molecule has 1 aliphatic carbocycles. The Morgan fingerprint density at radius 1 is 0.956 bits per heavy atom. The fourth-order valence-corrected chi connectivity index (χ4v) is 5.80. The first kappa shape index (κ1) is 36.1. The fourth-order valence-electron chi connectivity index (χ4n) is 5.36. The fraction of sp³-hybridized carbons (Fsp3) is 0.515. The zero-order valence-electron chi connectivity index (χ0n) is 26.2. The first-order chi connectivity index (χ1) is 21.6. The molecule has 0 aliphatic heterocycles. The lowest BCUT2D eigenvalue weighted by atomic mass is 9.84. The number of benzene rings is 2. The summed E-state index contributed by atoms with van der Waals surface area (Å²) in [5.74, 6) is -0.984. The Balaban J connectivity index is 1.65. The molecule has 45 heavy (non-hydrogen) atoms. The van der Waals surface area contributed by atoms with Gasteiger partial charge in [-0.2, -0.15) is 0 Å². The van der Waals surface area contributed by atoms with Gasteiger partial charge in [0.15, 0.2) is 0 Å². The topological polar surface area (TPSA) is 117 Å². The molecule has 1 fully saturated rings. The van der Waals surface area contributed by atoms with Crippen LogP contribution >= 0.6 is 23.2 Å². The van der Waals surface area contributed by atoms with Gasteiger partial charge in [0.2, 0.25) is 11.8 Å². The number of carbonyl (C=O) groups excluding carboxylic acids is 4. The summed E-state index contributed by atoms with van der Waals surface area (Å²) in [7, 11) is 4.47. The van der Waals surface area contributed by atoms with E-state index in [1.165, 1.54) is 14.2 Å². The van der Waals surface area contributed by atoms with E-state index < -0.39 is 30.0 Å². The van der Waals surface area contributed by atoms with E-state index in [0.717, 1.165) is 42.7 Å². The number of hydroxylamine groups is 2. The smallest absolute Gasteiger partial charge is 0.408 e. The number of alkyl carbamates (subject to hydrolysis) is 1. The summed E-state index contributed by atoms with van der Waals surface area (Å²) >= 11 is 12.3. The second kappa shape index (κ2) is 18.6. The summed E-state index contributed by atoms with van der Waals surface area (Å²) in [5, 5.41) is 7.66. The van der Waals surface area contributed by atoms with E-state index in [2.05, 4.69) is 10.6 Å². The lowest BCUT2D eigenvalue weighted by Crippen LogP contribution is -2.54. The van der Waals surface area contributed by atoms with Gasteiger partial charge in [0.1, 0.15) is 18.7 Å². The molecule has 0 saturated heterocycles. The Morgan fingerprint density at radius 3 is 2.38 bits per heavy atom. The highest BCUT2D eigenvalue weighted by Gasteiger charge is 2.31. The van der Waals surface area contributed by atoms with Gasteiger partial charge in [-0.05, 0) is 54.5 Å². The molecule has 2 atom stereocenters. The van der Waals surface area contributed by atoms with Crippen LogP contribution in [0, 0.1) is 5.92 Å². The third-order valence-electron chi connectivity index (χ3n) is 8.11. The lowest BCUT2D eigenvalue weighted by Gasteiger charge is -2.29. The minimum absolute atomic E-state index is 0.00958. The van der Waals surface area contributed by atoms with Crippen molar-refractivity contribution in [1.82, 2.24) is 20.6 Å². The molecule has 0 aromatic heterocycles. The lowest BCUT2D eigenvalue weighted by molar-refractivity contribution is -0.172. The van der Waals surface area contributed by atoms with Gasteiger partial charge < -0.3 is 20.3 Å². The van der Waals surface area contributed by atoms with Crippen LogP contribution in [0.1, 0.15) is 62.5 Å². The molecule has 246 valence electrons. The van der Waals surface area contributed by atoms with Crippen LogP contribution in [0.2, 0.25) is 10.0 Å². The Bertz CT molecular complexity index is 1290. The van der Waals surface area contributed by atoms with E-state index in [-0.39, 0.29) is 31.3 Å². The summed E-state index contributed by atoms with van der Waals surface area (Å²) in [6, 6.07) is 12.4. The van der Waals surface area contributed by atoms with Crippen LogP contribution in [0.25, 0.3) is 0 Å². The van der Waals surface area contributed by atoms with Gasteiger partial charge in [0, 0.05) is 37.1 Å². The van der Waals surface area contributed by atoms with Crippen LogP contribution < -0.4 is 10.6 Å². The number of nitrogens with zero attached hydrogens (tertiary/aromatic N) is 2. The Labute approximate surface area is 275 Å². The van der Waals surface area contributed by atoms with Gasteiger partial charge in [0.05, 0.1) is 7.11 Å². The number of likely N-dealkylation sites (N-methyl/N-ethyl adjacent to an activating group) is 2. The molecule has 3 rings (SSSR count). The maximum absolute atomic E-state index is 13.6. The van der Waals surface area contributed by atoms with Crippen molar-refractivity contribution in [2.45, 2.75) is 76.5 Å². The predicted molar refractivity (Wildman–Crippen MR) is 173 cm³/mol. The zero-order valence-corrected chi connectivity index (χ0v) is 27.7. The summed E-state index contributed by atoms with van der Waals surface area (Å²) in [6.45, 7) is 0.423. The van der Waals surface area contributed by atoms with E-state index in [4.69, 9.17) is 32.8 Å². The van der Waals surface area contributed by atoms with E-state index in [9.17, 15) is 19.2 Å². The number of hydrogen-bond acceptors (Lipinski definition) is 6. The molecule has 0 heterocycles. The van der Waals surface area contributed by atoms with Crippen molar-refractivity contribution in [3.8, 4) is 0 Å². The van der Waals surface area contributed by atoms with Crippen molar-refractivity contribution in [2.24, 2.45) is 5.92 Å². The van der Waals surface area contributed by atoms with Crippen molar-refractivity contribution < 1.29 is 28.8 Å². The van der Waals surface area contributed by atoms with Crippen LogP contribution in [-0.4, -0.2) is 73.6 Å². The molecular formula is C33H44Cl2N4O6. The number of carbonyl (C=O) groups is 4. The largest absolute Gasteiger partial charge is 0.445 e. The van der Waals surface area contributed by atoms with Gasteiger partial charge in [-0.15, -0.1) is 0 Å². The van der Waals surface area contributed by atoms with E-state index in [1.807, 2.05) is 18.2 Å². The van der Waals surface area contributed by atoms with Crippen LogP contribution in [0.15, 0.2) is 48.5 Å². The Morgan fingerprint density at radius 2 is 1.69 bits per heavy atom. The van der Waals surface area contributed by atoms with Crippen molar-refractivity contribution >= 4 is 47.0 Å². The number of halogens is 2. The minimum atomic E-state index is -1.05. The SMILES string of the molecule is CON(C)C(=O)[C@@H](CCC(=O)N(C)CCc1ccccc1Cl)NC(=O)[C@@H](CC1CCCCC1)NC(=O)OCc1cccc(Cl)c1. The van der Waals surface area contributed by atoms with Crippen LogP contribution in [-0.2, 0) is 37.0 Å². The van der Waals surface area contributed by atoms with E-state index >= 15 is 0 Å². The first-order valence-corrected chi connectivity index (χ1v) is 16.1. The summed E-state index contributed by atoms with van der Waals surface area (Å²) in [5.41, 5.74) is 1.64. The average Bonchev–Trinajstić information content (AvgIpc) is 3.04. The van der Waals surface area contributed by atoms with Gasteiger partial charge in [-0.1, -0.05) is 85.6 Å². The third kappa shape index (κ3) is 12.2. The molecule has 2 N–H and O–H groups in total. The average molecular weight is 664 g/mol. The second-order valence-corrected chi connectivity index (χ2v) is 12.3. The Kier molecular flexibility index (Phi) is 14.9. The molecule has 2 aromatic rings. The van der Waals surface area contributed by atoms with Crippen LogP contribution in [0.3, 0.4) is 0 Å². The summed E-state index contributed by atoms with van der Waals surface area (Å²) in [4.78, 5) is 59.3. The number of hydrogen-bond donors (Lipinski definition) is 2.